The number of carboxylic acids is 1. The zero-order valence-corrected chi connectivity index (χ0v) is 26.9. The minimum Gasteiger partial charge on any atom is -0.481 e. The van der Waals surface area contributed by atoms with Gasteiger partial charge in [-0.25, -0.2) is 0 Å². The topological polar surface area (TPSA) is 74.6 Å². The molecule has 0 amide bonds. The Morgan fingerprint density at radius 1 is 0.450 bits per heavy atom. The van der Waals surface area contributed by atoms with E-state index < -0.39 is 11.9 Å². The number of carboxylic acid groups (broad SMARTS) is 1. The fourth-order valence-electron chi connectivity index (χ4n) is 5.85. The van der Waals surface area contributed by atoms with Gasteiger partial charge in [-0.05, 0) is 19.3 Å². The van der Waals surface area contributed by atoms with Crippen LogP contribution in [0.5, 0.6) is 0 Å². The molecule has 0 fully saturated rings. The van der Waals surface area contributed by atoms with Crippen LogP contribution in [0.2, 0.25) is 0 Å². The third-order valence-electron chi connectivity index (χ3n) is 8.61. The van der Waals surface area contributed by atoms with Gasteiger partial charge in [0.15, 0.2) is 0 Å². The van der Waals surface area contributed by atoms with Gasteiger partial charge < -0.3 is 10.2 Å². The molecule has 0 spiro atoms. The van der Waals surface area contributed by atoms with Crippen molar-refractivity contribution in [1.29, 1.82) is 0 Å². The summed E-state index contributed by atoms with van der Waals surface area (Å²) < 4.78 is 0. The van der Waals surface area contributed by atoms with Crippen molar-refractivity contribution in [2.45, 2.75) is 206 Å². The third kappa shape index (κ3) is 28.6. The summed E-state index contributed by atoms with van der Waals surface area (Å²) in [7, 11) is 0. The third-order valence-corrected chi connectivity index (χ3v) is 8.61. The van der Waals surface area contributed by atoms with E-state index in [1.54, 1.807) is 0 Å². The van der Waals surface area contributed by atoms with E-state index in [0.717, 1.165) is 38.5 Å². The van der Waals surface area contributed by atoms with Crippen LogP contribution in [0.3, 0.4) is 0 Å². The summed E-state index contributed by atoms with van der Waals surface area (Å²) in [6, 6.07) is 0. The van der Waals surface area contributed by atoms with Crippen LogP contribution in [0.15, 0.2) is 0 Å². The van der Waals surface area contributed by atoms with Gasteiger partial charge in [-0.1, -0.05) is 180 Å². The van der Waals surface area contributed by atoms with E-state index in [1.165, 1.54) is 148 Å². The molecule has 0 aromatic rings. The lowest BCUT2D eigenvalue weighted by Crippen LogP contribution is -2.23. The van der Waals surface area contributed by atoms with Gasteiger partial charge in [0.25, 0.3) is 0 Å². The fraction of sp³-hybridized carbons (Fsp3) is 0.944. The first-order valence-electron chi connectivity index (χ1n) is 18.0. The molecule has 0 aromatic carbocycles. The molecule has 0 bridgehead atoms. The van der Waals surface area contributed by atoms with Crippen LogP contribution in [0, 0.1) is 5.92 Å². The molecular weight excluding hydrogens is 496 g/mol. The summed E-state index contributed by atoms with van der Waals surface area (Å²) in [4.78, 5) is 24.2. The highest BCUT2D eigenvalue weighted by molar-refractivity contribution is 5.98. The Labute approximate surface area is 249 Å². The number of aliphatic hydroxyl groups is 1. The lowest BCUT2D eigenvalue weighted by molar-refractivity contribution is -0.146. The Bertz CT molecular complexity index is 533. The van der Waals surface area contributed by atoms with Crippen molar-refractivity contribution in [2.24, 2.45) is 5.92 Å². The van der Waals surface area contributed by atoms with E-state index in [9.17, 15) is 14.7 Å². The molecule has 0 aliphatic rings. The largest absolute Gasteiger partial charge is 0.481 e. The number of hydrogen-bond acceptors (Lipinski definition) is 3. The van der Waals surface area contributed by atoms with Crippen LogP contribution in [-0.4, -0.2) is 28.6 Å². The van der Waals surface area contributed by atoms with E-state index in [0.29, 0.717) is 19.4 Å². The van der Waals surface area contributed by atoms with Crippen molar-refractivity contribution < 1.29 is 19.8 Å². The molecule has 1 unspecified atom stereocenters. The Hall–Kier alpha value is -0.900. The van der Waals surface area contributed by atoms with Gasteiger partial charge in [0.2, 0.25) is 0 Å². The van der Waals surface area contributed by atoms with Gasteiger partial charge in [0.05, 0.1) is 0 Å². The van der Waals surface area contributed by atoms with Gasteiger partial charge in [-0.2, -0.15) is 0 Å². The average molecular weight is 567 g/mol. The lowest BCUT2D eigenvalue weighted by atomic mass is 9.93. The number of ketones is 1. The second-order valence-electron chi connectivity index (χ2n) is 12.5. The number of hydrogen-bond donors (Lipinski definition) is 2. The first kappa shape index (κ1) is 39.1. The van der Waals surface area contributed by atoms with Crippen LogP contribution in [-0.2, 0) is 9.59 Å². The zero-order chi connectivity index (χ0) is 29.4. The molecule has 1 atom stereocenters. The highest BCUT2D eigenvalue weighted by Gasteiger charge is 2.24. The summed E-state index contributed by atoms with van der Waals surface area (Å²) in [6.07, 6.45) is 37.3. The average Bonchev–Trinajstić information content (AvgIpc) is 2.94. The Balaban J connectivity index is 3.52. The zero-order valence-electron chi connectivity index (χ0n) is 26.9. The summed E-state index contributed by atoms with van der Waals surface area (Å²) in [5, 5.41) is 18.3. The summed E-state index contributed by atoms with van der Waals surface area (Å²) in [5.41, 5.74) is 0. The molecule has 2 N–H and O–H groups in total. The van der Waals surface area contributed by atoms with E-state index >= 15 is 0 Å². The summed E-state index contributed by atoms with van der Waals surface area (Å²) >= 11 is 0. The quantitative estimate of drug-likeness (QED) is 0.0600. The Morgan fingerprint density at radius 2 is 0.750 bits per heavy atom. The molecule has 0 saturated carbocycles. The van der Waals surface area contributed by atoms with Gasteiger partial charge in [0.1, 0.15) is 11.7 Å². The van der Waals surface area contributed by atoms with E-state index in [1.807, 2.05) is 0 Å². The number of aliphatic hydroxyl groups excluding tert-OH is 1. The molecular formula is C36H70O4. The Kier molecular flexibility index (Phi) is 31.9. The smallest absolute Gasteiger partial charge is 0.314 e. The van der Waals surface area contributed by atoms with E-state index in [2.05, 4.69) is 6.92 Å². The van der Waals surface area contributed by atoms with Crippen molar-refractivity contribution in [2.75, 3.05) is 6.61 Å². The summed E-state index contributed by atoms with van der Waals surface area (Å²) in [5.74, 6) is -1.74. The molecule has 0 saturated heterocycles. The van der Waals surface area contributed by atoms with Crippen molar-refractivity contribution in [3.05, 3.63) is 0 Å². The monoisotopic (exact) mass is 567 g/mol. The normalized spacial score (nSPS) is 12.2. The second kappa shape index (κ2) is 32.6. The fourth-order valence-corrected chi connectivity index (χ4v) is 5.85. The van der Waals surface area contributed by atoms with Gasteiger partial charge in [0, 0.05) is 13.0 Å². The number of aliphatic carboxylic acids is 1. The highest BCUT2D eigenvalue weighted by Crippen LogP contribution is 2.19. The molecule has 238 valence electrons. The SMILES string of the molecule is CCCCCCCCCCCCCCCCC(C(=O)O)C(=O)CCCCCCCCCCCCCCCCCO. The molecule has 40 heavy (non-hydrogen) atoms. The maximum Gasteiger partial charge on any atom is 0.314 e. The van der Waals surface area contributed by atoms with Gasteiger partial charge in [-0.15, -0.1) is 0 Å². The molecule has 0 heterocycles. The minimum absolute atomic E-state index is 0.0457. The first-order chi connectivity index (χ1) is 19.6. The molecule has 0 aliphatic heterocycles. The number of Topliss-reactive ketones (excluding diaryl/α,β-unsaturated/α-hetero) is 1. The summed E-state index contributed by atoms with van der Waals surface area (Å²) in [6.45, 7) is 2.60. The van der Waals surface area contributed by atoms with E-state index in [4.69, 9.17) is 5.11 Å². The maximum absolute atomic E-state index is 12.5. The van der Waals surface area contributed by atoms with Crippen molar-refractivity contribution in [3.8, 4) is 0 Å². The standard InChI is InChI=1S/C36H70O4/c1-2-3-4-5-6-7-8-9-13-16-19-22-25-28-31-34(36(39)40)35(38)32-29-26-23-20-17-14-11-10-12-15-18-21-24-27-30-33-37/h34,37H,2-33H2,1H3,(H,39,40). The van der Waals surface area contributed by atoms with Crippen molar-refractivity contribution in [1.82, 2.24) is 0 Å². The van der Waals surface area contributed by atoms with Crippen LogP contribution in [0.4, 0.5) is 0 Å². The van der Waals surface area contributed by atoms with Crippen LogP contribution in [0.25, 0.3) is 0 Å². The van der Waals surface area contributed by atoms with Crippen LogP contribution >= 0.6 is 0 Å². The van der Waals surface area contributed by atoms with Gasteiger partial charge >= 0.3 is 5.97 Å². The molecule has 0 aliphatic carbocycles. The van der Waals surface area contributed by atoms with E-state index in [-0.39, 0.29) is 5.78 Å². The van der Waals surface area contributed by atoms with Crippen molar-refractivity contribution >= 4 is 11.8 Å². The predicted molar refractivity (Wildman–Crippen MR) is 172 cm³/mol. The minimum atomic E-state index is -0.915. The van der Waals surface area contributed by atoms with Crippen LogP contribution < -0.4 is 0 Å². The molecule has 0 radical (unpaired) electrons. The van der Waals surface area contributed by atoms with Crippen LogP contribution in [0.1, 0.15) is 206 Å². The van der Waals surface area contributed by atoms with Gasteiger partial charge in [-0.3, -0.25) is 9.59 Å². The highest BCUT2D eigenvalue weighted by atomic mass is 16.4. The number of unbranched alkanes of at least 4 members (excludes halogenated alkanes) is 27. The molecule has 0 rings (SSSR count). The predicted octanol–water partition coefficient (Wildman–Crippen LogP) is 11.4. The Morgan fingerprint density at radius 3 is 1.07 bits per heavy atom. The number of carbonyl (C=O) groups excluding carboxylic acids is 1. The second-order valence-corrected chi connectivity index (χ2v) is 12.5. The lowest BCUT2D eigenvalue weighted by Gasteiger charge is -2.11. The maximum atomic E-state index is 12.5. The molecule has 4 nitrogen and oxygen atoms in total. The molecule has 0 aromatic heterocycles. The number of rotatable bonds is 34. The first-order valence-corrected chi connectivity index (χ1v) is 18.0. The molecule has 4 heteroatoms. The van der Waals surface area contributed by atoms with Crippen molar-refractivity contribution in [3.63, 3.8) is 0 Å². The number of carbonyl (C=O) groups is 2.